The smallest absolute Gasteiger partial charge is 2.00 e. The second-order valence-corrected chi connectivity index (χ2v) is 0. The summed E-state index contributed by atoms with van der Waals surface area (Å²) >= 11 is 0. The second-order valence-electron chi connectivity index (χ2n) is 0. The van der Waals surface area contributed by atoms with Crippen LogP contribution in [0.1, 0.15) is 0 Å². The molecule has 0 saturated carbocycles. The van der Waals surface area contributed by atoms with Gasteiger partial charge in [0, 0.05) is 18.0 Å². The standard InChI is InChI=1S/As.Ge.2Se/q;+4;2*-2. The average molecular weight is 305 g/mol. The average Bonchev–Trinajstić information content (AvgIpc) is 0. The van der Waals surface area contributed by atoms with Crippen molar-refractivity contribution in [2.24, 2.45) is 0 Å². The van der Waals surface area contributed by atoms with Crippen molar-refractivity contribution in [3.8, 4) is 0 Å². The van der Waals surface area contributed by atoms with Crippen LogP contribution in [-0.4, -0.2) is 69.7 Å². The van der Waals surface area contributed by atoms with Gasteiger partial charge >= 0.3 is 17.6 Å². The van der Waals surface area contributed by atoms with Gasteiger partial charge in [-0.2, -0.15) is 0 Å². The van der Waals surface area contributed by atoms with E-state index in [1.165, 1.54) is 0 Å². The van der Waals surface area contributed by atoms with Crippen LogP contribution in [0.25, 0.3) is 0 Å². The zero-order valence-corrected chi connectivity index (χ0v) is 9.16. The van der Waals surface area contributed by atoms with E-state index in [0.29, 0.717) is 0 Å². The van der Waals surface area contributed by atoms with Crippen LogP contribution in [0, 0.1) is 0 Å². The second kappa shape index (κ2) is 19.2. The molecule has 0 spiro atoms. The van der Waals surface area contributed by atoms with E-state index in [2.05, 4.69) is 0 Å². The zero-order valence-electron chi connectivity index (χ0n) is 1.76. The fourth-order valence-corrected chi connectivity index (χ4v) is 0. The van der Waals surface area contributed by atoms with Crippen LogP contribution in [0.4, 0.5) is 0 Å². The summed E-state index contributed by atoms with van der Waals surface area (Å²) < 4.78 is 0. The third kappa shape index (κ3) is 8.91. The Morgan fingerprint density at radius 3 is 0.750 bits per heavy atom. The summed E-state index contributed by atoms with van der Waals surface area (Å²) in [5.74, 6) is 0. The van der Waals surface area contributed by atoms with Crippen molar-refractivity contribution >= 4 is 69.7 Å². The molecular formula is AsGeSe2. The monoisotopic (exact) mass is 309 g/mol. The molecule has 0 rings (SSSR count). The maximum Gasteiger partial charge on any atom is 4.00 e. The van der Waals surface area contributed by atoms with Gasteiger partial charge in [-0.15, -0.1) is 0 Å². The molecule has 0 fully saturated rings. The Hall–Kier alpha value is 2.14. The number of rotatable bonds is 0. The van der Waals surface area contributed by atoms with Crippen LogP contribution in [0.5, 0.6) is 0 Å². The van der Waals surface area contributed by atoms with E-state index in [0.717, 1.165) is 0 Å². The Balaban J connectivity index is 0. The van der Waals surface area contributed by atoms with Gasteiger partial charge in [0.25, 0.3) is 0 Å². The minimum atomic E-state index is 0. The zero-order chi connectivity index (χ0) is 0. The topological polar surface area (TPSA) is 0 Å². The van der Waals surface area contributed by atoms with Gasteiger partial charge in [0.1, 0.15) is 0 Å². The van der Waals surface area contributed by atoms with E-state index in [4.69, 9.17) is 0 Å². The van der Waals surface area contributed by atoms with Gasteiger partial charge in [0.15, 0.2) is 0 Å². The predicted molar refractivity (Wildman–Crippen MR) is 23.0 cm³/mol. The van der Waals surface area contributed by atoms with Crippen LogP contribution in [-0.2, 0) is 0 Å². The maximum atomic E-state index is 0. The van der Waals surface area contributed by atoms with Gasteiger partial charge in [-0.3, -0.25) is 0 Å². The van der Waals surface area contributed by atoms with E-state index < -0.39 is 0 Å². The number of hydrogen-bond acceptors (Lipinski definition) is 0. The molecule has 3 radical (unpaired) electrons. The van der Waals surface area contributed by atoms with Gasteiger partial charge in [0.2, 0.25) is 0 Å². The van der Waals surface area contributed by atoms with Gasteiger partial charge in [0.05, 0.1) is 0 Å². The Kier molecular flexibility index (Phi) is 170. The molecule has 0 amide bonds. The fraction of sp³-hybridized carbons (Fsp3) is 0. The largest absolute Gasteiger partial charge is 4.00 e. The minimum Gasteiger partial charge on any atom is -2.00 e. The minimum absolute atomic E-state index is 0. The molecule has 0 unspecified atom stereocenters. The van der Waals surface area contributed by atoms with Gasteiger partial charge in [-0.1, -0.05) is 0 Å². The molecule has 0 heterocycles. The summed E-state index contributed by atoms with van der Waals surface area (Å²) in [6, 6.07) is 0. The molecule has 4 heteroatoms. The van der Waals surface area contributed by atoms with E-state index in [-0.39, 0.29) is 69.7 Å². The summed E-state index contributed by atoms with van der Waals surface area (Å²) in [5, 5.41) is 0. The van der Waals surface area contributed by atoms with E-state index in [1.54, 1.807) is 0 Å². The molecule has 0 N–H and O–H groups in total. The third-order valence-corrected chi connectivity index (χ3v) is 0. The van der Waals surface area contributed by atoms with Crippen LogP contribution in [0.2, 0.25) is 0 Å². The molecule has 0 aliphatic heterocycles. The molecule has 0 aliphatic rings. The van der Waals surface area contributed by atoms with Crippen molar-refractivity contribution in [3.05, 3.63) is 0 Å². The fourth-order valence-electron chi connectivity index (χ4n) is 0. The molecule has 0 nitrogen and oxygen atoms in total. The Morgan fingerprint density at radius 2 is 0.750 bits per heavy atom. The molecule has 0 saturated heterocycles. The molecule has 0 aliphatic carbocycles. The molecule has 0 atom stereocenters. The van der Waals surface area contributed by atoms with Gasteiger partial charge in [-0.05, 0) is 0 Å². The first-order chi connectivity index (χ1) is 0. The molecule has 4 heavy (non-hydrogen) atoms. The molecule has 0 aromatic rings. The summed E-state index contributed by atoms with van der Waals surface area (Å²) in [4.78, 5) is 0. The SMILES string of the molecule is [As].[Ge+4].[Se-2].[Se-2]. The van der Waals surface area contributed by atoms with E-state index in [1.807, 2.05) is 0 Å². The quantitative estimate of drug-likeness (QED) is 0.477. The Labute approximate surface area is 69.1 Å². The van der Waals surface area contributed by atoms with Gasteiger partial charge in [-0.25, -0.2) is 0 Å². The maximum absolute atomic E-state index is 0. The van der Waals surface area contributed by atoms with E-state index in [9.17, 15) is 0 Å². The molecule has 0 aromatic carbocycles. The van der Waals surface area contributed by atoms with Crippen molar-refractivity contribution in [1.29, 1.82) is 0 Å². The van der Waals surface area contributed by atoms with Crippen molar-refractivity contribution < 1.29 is 0 Å². The van der Waals surface area contributed by atoms with Crippen molar-refractivity contribution in [1.82, 2.24) is 0 Å². The van der Waals surface area contributed by atoms with Gasteiger partial charge < -0.3 is 34.1 Å². The molecule has 21 valence electrons. The third-order valence-electron chi connectivity index (χ3n) is 0. The van der Waals surface area contributed by atoms with Crippen molar-refractivity contribution in [2.45, 2.75) is 0 Å². The normalized spacial score (nSPS) is 0. The Bertz CT molecular complexity index is 6.00. The van der Waals surface area contributed by atoms with Crippen LogP contribution in [0.3, 0.4) is 0 Å². The predicted octanol–water partition coefficient (Wildman–Crippen LogP) is -1.52. The number of hydrogen-bond donors (Lipinski definition) is 0. The van der Waals surface area contributed by atoms with Crippen molar-refractivity contribution in [2.75, 3.05) is 0 Å². The summed E-state index contributed by atoms with van der Waals surface area (Å²) in [5.41, 5.74) is 0. The van der Waals surface area contributed by atoms with Crippen molar-refractivity contribution in [3.63, 3.8) is 0 Å². The Morgan fingerprint density at radius 1 is 0.750 bits per heavy atom. The first-order valence-corrected chi connectivity index (χ1v) is 0. The molecule has 0 bridgehead atoms. The van der Waals surface area contributed by atoms with Crippen LogP contribution in [0.15, 0.2) is 0 Å². The van der Waals surface area contributed by atoms with E-state index >= 15 is 0 Å². The first-order valence-electron chi connectivity index (χ1n) is 0. The summed E-state index contributed by atoms with van der Waals surface area (Å²) in [7, 11) is 0. The van der Waals surface area contributed by atoms with Crippen LogP contribution < -0.4 is 0 Å². The summed E-state index contributed by atoms with van der Waals surface area (Å²) in [6.07, 6.45) is 0. The first kappa shape index (κ1) is 35.4. The summed E-state index contributed by atoms with van der Waals surface area (Å²) in [6.45, 7) is 0. The molecular weight excluding hydrogens is 305 g/mol. The molecule has 0 aromatic heterocycles. The van der Waals surface area contributed by atoms with Crippen LogP contribution >= 0.6 is 0 Å².